The molecule has 0 aliphatic heterocycles. The van der Waals surface area contributed by atoms with Gasteiger partial charge in [-0.1, -0.05) is 30.3 Å². The second kappa shape index (κ2) is 4.25. The lowest BCUT2D eigenvalue weighted by atomic mass is 9.99. The molecule has 3 heteroatoms. The number of fused-ring (bicyclic) bond motifs is 1. The Balaban J connectivity index is 2.37. The van der Waals surface area contributed by atoms with Crippen molar-refractivity contribution in [2.75, 3.05) is 0 Å². The van der Waals surface area contributed by atoms with Crippen molar-refractivity contribution >= 4 is 21.4 Å². The van der Waals surface area contributed by atoms with Crippen LogP contribution in [0.3, 0.4) is 0 Å². The van der Waals surface area contributed by atoms with E-state index < -0.39 is 5.82 Å². The highest BCUT2D eigenvalue weighted by molar-refractivity contribution is 7.17. The molecule has 0 aliphatic carbocycles. The Morgan fingerprint density at radius 2 is 1.78 bits per heavy atom. The molecular formula is C15H8FNS. The molecule has 0 radical (unpaired) electrons. The Morgan fingerprint density at radius 3 is 2.61 bits per heavy atom. The van der Waals surface area contributed by atoms with Crippen LogP contribution >= 0.6 is 11.3 Å². The van der Waals surface area contributed by atoms with Crippen molar-refractivity contribution in [2.24, 2.45) is 0 Å². The van der Waals surface area contributed by atoms with Crippen molar-refractivity contribution in [2.45, 2.75) is 0 Å². The van der Waals surface area contributed by atoms with Crippen molar-refractivity contribution in [3.63, 3.8) is 0 Å². The van der Waals surface area contributed by atoms with Gasteiger partial charge in [-0.15, -0.1) is 11.3 Å². The molecule has 1 heterocycles. The predicted octanol–water partition coefficient (Wildman–Crippen LogP) is 4.58. The maximum Gasteiger partial charge on any atom is 0.141 e. The van der Waals surface area contributed by atoms with Crippen molar-refractivity contribution in [3.8, 4) is 17.2 Å². The smallest absolute Gasteiger partial charge is 0.141 e. The largest absolute Gasteiger partial charge is 0.206 e. The summed E-state index contributed by atoms with van der Waals surface area (Å²) >= 11 is 1.60. The van der Waals surface area contributed by atoms with Crippen LogP contribution in [-0.4, -0.2) is 0 Å². The van der Waals surface area contributed by atoms with Gasteiger partial charge in [0.25, 0.3) is 0 Å². The highest BCUT2D eigenvalue weighted by Gasteiger charge is 2.12. The van der Waals surface area contributed by atoms with Crippen LogP contribution in [0.15, 0.2) is 47.8 Å². The van der Waals surface area contributed by atoms with E-state index in [1.165, 1.54) is 6.07 Å². The van der Waals surface area contributed by atoms with E-state index in [2.05, 4.69) is 0 Å². The summed E-state index contributed by atoms with van der Waals surface area (Å²) < 4.78 is 14.7. The number of benzene rings is 2. The number of hydrogen-bond acceptors (Lipinski definition) is 2. The molecule has 0 atom stereocenters. The summed E-state index contributed by atoms with van der Waals surface area (Å²) in [5.74, 6) is -0.469. The Morgan fingerprint density at radius 1 is 1.00 bits per heavy atom. The molecule has 3 aromatic rings. The zero-order valence-electron chi connectivity index (χ0n) is 9.35. The molecule has 18 heavy (non-hydrogen) atoms. The van der Waals surface area contributed by atoms with Gasteiger partial charge in [0.05, 0.1) is 5.56 Å². The van der Waals surface area contributed by atoms with E-state index in [0.717, 1.165) is 15.6 Å². The topological polar surface area (TPSA) is 23.8 Å². The molecule has 3 rings (SSSR count). The van der Waals surface area contributed by atoms with Crippen LogP contribution in [0.1, 0.15) is 5.56 Å². The lowest BCUT2D eigenvalue weighted by Crippen LogP contribution is -1.89. The van der Waals surface area contributed by atoms with E-state index in [9.17, 15) is 4.39 Å². The van der Waals surface area contributed by atoms with Gasteiger partial charge in [-0.2, -0.15) is 5.26 Å². The first kappa shape index (κ1) is 10.9. The summed E-state index contributed by atoms with van der Waals surface area (Å²) in [5, 5.41) is 12.2. The van der Waals surface area contributed by atoms with E-state index >= 15 is 0 Å². The molecule has 0 saturated carbocycles. The van der Waals surface area contributed by atoms with Crippen LogP contribution < -0.4 is 0 Å². The fraction of sp³-hybridized carbons (Fsp3) is 0. The number of thiophene rings is 1. The third kappa shape index (κ3) is 1.59. The molecule has 0 fully saturated rings. The lowest BCUT2D eigenvalue weighted by Gasteiger charge is -2.06. The van der Waals surface area contributed by atoms with Gasteiger partial charge in [0.1, 0.15) is 11.9 Å². The van der Waals surface area contributed by atoms with Crippen LogP contribution in [0.2, 0.25) is 0 Å². The number of nitriles is 1. The fourth-order valence-corrected chi connectivity index (χ4v) is 3.00. The van der Waals surface area contributed by atoms with E-state index in [4.69, 9.17) is 5.26 Å². The first-order valence-corrected chi connectivity index (χ1v) is 6.34. The lowest BCUT2D eigenvalue weighted by molar-refractivity contribution is 0.624. The first-order valence-electron chi connectivity index (χ1n) is 5.46. The van der Waals surface area contributed by atoms with Crippen molar-refractivity contribution < 1.29 is 4.39 Å². The molecular weight excluding hydrogens is 245 g/mol. The quantitative estimate of drug-likeness (QED) is 0.622. The molecule has 0 spiro atoms. The second-order valence-electron chi connectivity index (χ2n) is 3.92. The Hall–Kier alpha value is -2.18. The predicted molar refractivity (Wildman–Crippen MR) is 71.9 cm³/mol. The molecule has 86 valence electrons. The van der Waals surface area contributed by atoms with Gasteiger partial charge >= 0.3 is 0 Å². The van der Waals surface area contributed by atoms with Gasteiger partial charge in [0.2, 0.25) is 0 Å². The Labute approximate surface area is 108 Å². The molecule has 0 unspecified atom stereocenters. The van der Waals surface area contributed by atoms with E-state index in [1.807, 2.05) is 35.7 Å². The number of hydrogen-bond donors (Lipinski definition) is 0. The highest BCUT2D eigenvalue weighted by Crippen LogP contribution is 2.34. The first-order chi connectivity index (χ1) is 8.81. The zero-order valence-corrected chi connectivity index (χ0v) is 10.2. The van der Waals surface area contributed by atoms with E-state index in [0.29, 0.717) is 5.56 Å². The number of halogens is 1. The molecule has 0 bridgehead atoms. The third-order valence-electron chi connectivity index (χ3n) is 2.89. The van der Waals surface area contributed by atoms with Crippen molar-refractivity contribution in [3.05, 3.63) is 59.2 Å². The third-order valence-corrected chi connectivity index (χ3v) is 3.86. The van der Waals surface area contributed by atoms with Crippen LogP contribution in [0.25, 0.3) is 21.2 Å². The summed E-state index contributed by atoms with van der Waals surface area (Å²) in [6, 6.07) is 14.6. The van der Waals surface area contributed by atoms with Gasteiger partial charge in [-0.05, 0) is 22.9 Å². The van der Waals surface area contributed by atoms with Gasteiger partial charge in [0, 0.05) is 15.8 Å². The second-order valence-corrected chi connectivity index (χ2v) is 4.83. The minimum Gasteiger partial charge on any atom is -0.206 e. The highest BCUT2D eigenvalue weighted by atomic mass is 32.1. The summed E-state index contributed by atoms with van der Waals surface area (Å²) in [4.78, 5) is 0. The zero-order chi connectivity index (χ0) is 12.5. The summed E-state index contributed by atoms with van der Waals surface area (Å²) in [6.45, 7) is 0. The van der Waals surface area contributed by atoms with Gasteiger partial charge < -0.3 is 0 Å². The maximum atomic E-state index is 13.6. The molecule has 0 amide bonds. The Kier molecular flexibility index (Phi) is 2.58. The van der Waals surface area contributed by atoms with Crippen LogP contribution in [0, 0.1) is 17.1 Å². The summed E-state index contributed by atoms with van der Waals surface area (Å²) in [7, 11) is 0. The molecule has 0 saturated heterocycles. The van der Waals surface area contributed by atoms with Gasteiger partial charge in [-0.3, -0.25) is 0 Å². The standard InChI is InChI=1S/C15H8FNS/c16-14-6-2-4-11(13(14)9-17)12-5-1-3-10-7-8-18-15(10)12/h1-8H. The molecule has 2 aromatic carbocycles. The van der Waals surface area contributed by atoms with Crippen LogP contribution in [0.5, 0.6) is 0 Å². The maximum absolute atomic E-state index is 13.6. The van der Waals surface area contributed by atoms with E-state index in [1.54, 1.807) is 23.5 Å². The van der Waals surface area contributed by atoms with Gasteiger partial charge in [-0.25, -0.2) is 4.39 Å². The van der Waals surface area contributed by atoms with Crippen molar-refractivity contribution in [1.29, 1.82) is 5.26 Å². The SMILES string of the molecule is N#Cc1c(F)cccc1-c1cccc2ccsc12. The Bertz CT molecular complexity index is 768. The number of nitrogens with zero attached hydrogens (tertiary/aromatic N) is 1. The average Bonchev–Trinajstić information content (AvgIpc) is 2.86. The molecule has 1 aromatic heterocycles. The minimum absolute atomic E-state index is 0.110. The van der Waals surface area contributed by atoms with E-state index in [-0.39, 0.29) is 5.56 Å². The average molecular weight is 253 g/mol. The van der Waals surface area contributed by atoms with Crippen LogP contribution in [0.4, 0.5) is 4.39 Å². The molecule has 1 nitrogen and oxygen atoms in total. The van der Waals surface area contributed by atoms with Gasteiger partial charge in [0.15, 0.2) is 0 Å². The number of rotatable bonds is 1. The monoisotopic (exact) mass is 253 g/mol. The minimum atomic E-state index is -0.469. The summed E-state index contributed by atoms with van der Waals surface area (Å²) in [5.41, 5.74) is 1.68. The normalized spacial score (nSPS) is 10.4. The molecule has 0 aliphatic rings. The fourth-order valence-electron chi connectivity index (χ4n) is 2.07. The summed E-state index contributed by atoms with van der Waals surface area (Å²) in [6.07, 6.45) is 0. The molecule has 0 N–H and O–H groups in total. The van der Waals surface area contributed by atoms with Crippen molar-refractivity contribution in [1.82, 2.24) is 0 Å². The van der Waals surface area contributed by atoms with Crippen LogP contribution in [-0.2, 0) is 0 Å².